The topological polar surface area (TPSA) is 92.7 Å². The summed E-state index contributed by atoms with van der Waals surface area (Å²) in [5.74, 6) is -0.0653. The number of aromatic nitrogens is 4. The Morgan fingerprint density at radius 2 is 1.83 bits per heavy atom. The standard InChI is InChI=1S/C22H20FN5O2/c1-12-5-4-6-18(13(12)2)28-20(29)17-11-24-21(26-19(17)27-22(28)30)25-14(3)15-7-9-16(23)10-8-15/h4-11,14H,1-3H3,(H2,24,25,26,27,30)/t14-/m0/s1. The third-order valence-corrected chi connectivity index (χ3v) is 5.18. The first-order valence-corrected chi connectivity index (χ1v) is 9.46. The minimum atomic E-state index is -0.572. The van der Waals surface area contributed by atoms with E-state index in [9.17, 15) is 14.0 Å². The number of anilines is 1. The summed E-state index contributed by atoms with van der Waals surface area (Å²) in [5, 5.41) is 3.30. The molecule has 0 unspecified atom stereocenters. The van der Waals surface area contributed by atoms with Crippen molar-refractivity contribution in [2.24, 2.45) is 0 Å². The van der Waals surface area contributed by atoms with E-state index in [1.54, 1.807) is 24.3 Å². The fourth-order valence-corrected chi connectivity index (χ4v) is 3.30. The second-order valence-corrected chi connectivity index (χ2v) is 7.16. The van der Waals surface area contributed by atoms with Gasteiger partial charge in [-0.15, -0.1) is 0 Å². The van der Waals surface area contributed by atoms with Crippen LogP contribution < -0.4 is 16.6 Å². The van der Waals surface area contributed by atoms with Crippen LogP contribution in [0.25, 0.3) is 16.7 Å². The van der Waals surface area contributed by atoms with Crippen LogP contribution in [0.2, 0.25) is 0 Å². The molecule has 0 aliphatic heterocycles. The summed E-state index contributed by atoms with van der Waals surface area (Å²) in [5.41, 5.74) is 2.28. The minimum Gasteiger partial charge on any atom is -0.348 e. The number of nitrogens with zero attached hydrogens (tertiary/aromatic N) is 3. The zero-order valence-corrected chi connectivity index (χ0v) is 16.7. The lowest BCUT2D eigenvalue weighted by atomic mass is 10.1. The maximum atomic E-state index is 13.1. The van der Waals surface area contributed by atoms with Gasteiger partial charge in [0.2, 0.25) is 5.95 Å². The molecule has 0 bridgehead atoms. The van der Waals surface area contributed by atoms with Crippen LogP contribution in [-0.4, -0.2) is 19.5 Å². The van der Waals surface area contributed by atoms with Gasteiger partial charge in [0.05, 0.1) is 11.7 Å². The lowest BCUT2D eigenvalue weighted by Crippen LogP contribution is -2.34. The van der Waals surface area contributed by atoms with E-state index in [1.165, 1.54) is 18.3 Å². The van der Waals surface area contributed by atoms with E-state index in [0.29, 0.717) is 5.69 Å². The van der Waals surface area contributed by atoms with E-state index >= 15 is 0 Å². The van der Waals surface area contributed by atoms with Crippen molar-refractivity contribution < 1.29 is 4.39 Å². The van der Waals surface area contributed by atoms with Crippen molar-refractivity contribution in [2.45, 2.75) is 26.8 Å². The second-order valence-electron chi connectivity index (χ2n) is 7.16. The Balaban J connectivity index is 1.74. The van der Waals surface area contributed by atoms with Gasteiger partial charge in [0.15, 0.2) is 5.65 Å². The number of rotatable bonds is 4. The molecule has 2 N–H and O–H groups in total. The summed E-state index contributed by atoms with van der Waals surface area (Å²) in [6.07, 6.45) is 1.39. The average molecular weight is 405 g/mol. The molecule has 0 fully saturated rings. The van der Waals surface area contributed by atoms with Gasteiger partial charge in [-0.2, -0.15) is 4.98 Å². The molecule has 0 amide bonds. The third kappa shape index (κ3) is 3.47. The van der Waals surface area contributed by atoms with Crippen molar-refractivity contribution in [2.75, 3.05) is 5.32 Å². The molecule has 0 spiro atoms. The maximum absolute atomic E-state index is 13.1. The van der Waals surface area contributed by atoms with Gasteiger partial charge in [0.25, 0.3) is 5.56 Å². The van der Waals surface area contributed by atoms with E-state index in [0.717, 1.165) is 21.3 Å². The van der Waals surface area contributed by atoms with Crippen molar-refractivity contribution in [3.8, 4) is 5.69 Å². The van der Waals surface area contributed by atoms with Gasteiger partial charge in [-0.1, -0.05) is 24.3 Å². The molecule has 7 nitrogen and oxygen atoms in total. The molecule has 30 heavy (non-hydrogen) atoms. The van der Waals surface area contributed by atoms with Crippen molar-refractivity contribution in [1.29, 1.82) is 0 Å². The molecule has 2 aromatic heterocycles. The number of H-pyrrole nitrogens is 1. The number of aromatic amines is 1. The molecule has 0 radical (unpaired) electrons. The molecular formula is C22H20FN5O2. The summed E-state index contributed by atoms with van der Waals surface area (Å²) in [6, 6.07) is 11.3. The highest BCUT2D eigenvalue weighted by atomic mass is 19.1. The average Bonchev–Trinajstić information content (AvgIpc) is 2.71. The highest BCUT2D eigenvalue weighted by Gasteiger charge is 2.15. The van der Waals surface area contributed by atoms with E-state index in [-0.39, 0.29) is 28.8 Å². The monoisotopic (exact) mass is 405 g/mol. The number of aryl methyl sites for hydroxylation is 1. The Bertz CT molecular complexity index is 1360. The van der Waals surface area contributed by atoms with Gasteiger partial charge in [0.1, 0.15) is 11.2 Å². The Labute approximate surface area is 171 Å². The van der Waals surface area contributed by atoms with E-state index in [4.69, 9.17) is 0 Å². The maximum Gasteiger partial charge on any atom is 0.334 e. The molecule has 2 heterocycles. The molecule has 8 heteroatoms. The molecule has 4 rings (SSSR count). The van der Waals surface area contributed by atoms with Crippen LogP contribution >= 0.6 is 0 Å². The summed E-state index contributed by atoms with van der Waals surface area (Å²) < 4.78 is 14.2. The number of hydrogen-bond donors (Lipinski definition) is 2. The fourth-order valence-electron chi connectivity index (χ4n) is 3.30. The van der Waals surface area contributed by atoms with Crippen molar-refractivity contribution in [3.05, 3.63) is 92.0 Å². The predicted octanol–water partition coefficient (Wildman–Crippen LogP) is 3.40. The Hall–Kier alpha value is -3.81. The molecule has 4 aromatic rings. The van der Waals surface area contributed by atoms with Crippen LogP contribution in [0.15, 0.2) is 58.3 Å². The summed E-state index contributed by atoms with van der Waals surface area (Å²) in [4.78, 5) is 36.9. The molecule has 0 aliphatic rings. The fraction of sp³-hybridized carbons (Fsp3) is 0.182. The van der Waals surface area contributed by atoms with Crippen molar-refractivity contribution in [3.63, 3.8) is 0 Å². The SMILES string of the molecule is Cc1cccc(-n2c(=O)[nH]c3nc(N[C@@H](C)c4ccc(F)cc4)ncc3c2=O)c1C. The molecule has 0 aliphatic carbocycles. The number of fused-ring (bicyclic) bond motifs is 1. The molecular weight excluding hydrogens is 385 g/mol. The normalized spacial score (nSPS) is 12.1. The largest absolute Gasteiger partial charge is 0.348 e. The van der Waals surface area contributed by atoms with Crippen LogP contribution in [0.4, 0.5) is 10.3 Å². The van der Waals surface area contributed by atoms with Gasteiger partial charge < -0.3 is 5.32 Å². The summed E-state index contributed by atoms with van der Waals surface area (Å²) >= 11 is 0. The zero-order valence-electron chi connectivity index (χ0n) is 16.7. The first-order valence-electron chi connectivity index (χ1n) is 9.46. The van der Waals surface area contributed by atoms with Crippen molar-refractivity contribution >= 4 is 17.0 Å². The van der Waals surface area contributed by atoms with Gasteiger partial charge in [-0.3, -0.25) is 9.78 Å². The Kier molecular flexibility index (Phi) is 4.91. The van der Waals surface area contributed by atoms with Crippen LogP contribution in [0.5, 0.6) is 0 Å². The molecule has 152 valence electrons. The van der Waals surface area contributed by atoms with E-state index in [2.05, 4.69) is 20.3 Å². The second kappa shape index (κ2) is 7.55. The first-order chi connectivity index (χ1) is 14.3. The lowest BCUT2D eigenvalue weighted by molar-refractivity contribution is 0.626. The minimum absolute atomic E-state index is 0.148. The first kappa shape index (κ1) is 19.5. The third-order valence-electron chi connectivity index (χ3n) is 5.18. The summed E-state index contributed by atoms with van der Waals surface area (Å²) in [7, 11) is 0. The number of nitrogens with one attached hydrogen (secondary N) is 2. The number of hydrogen-bond acceptors (Lipinski definition) is 5. The van der Waals surface area contributed by atoms with Crippen LogP contribution in [0, 0.1) is 19.7 Å². The number of benzene rings is 2. The van der Waals surface area contributed by atoms with Gasteiger partial charge >= 0.3 is 5.69 Å². The van der Waals surface area contributed by atoms with E-state index in [1.807, 2.05) is 26.8 Å². The predicted molar refractivity (Wildman–Crippen MR) is 114 cm³/mol. The lowest BCUT2D eigenvalue weighted by Gasteiger charge is -2.15. The Morgan fingerprint density at radius 1 is 1.10 bits per heavy atom. The van der Waals surface area contributed by atoms with Crippen LogP contribution in [0.1, 0.15) is 29.7 Å². The summed E-state index contributed by atoms with van der Waals surface area (Å²) in [6.45, 7) is 5.66. The molecule has 1 atom stereocenters. The van der Waals surface area contributed by atoms with Gasteiger partial charge in [-0.05, 0) is 55.7 Å². The molecule has 2 aromatic carbocycles. The van der Waals surface area contributed by atoms with Crippen LogP contribution in [0.3, 0.4) is 0 Å². The van der Waals surface area contributed by atoms with Gasteiger partial charge in [0, 0.05) is 6.20 Å². The zero-order chi connectivity index (χ0) is 21.4. The smallest absolute Gasteiger partial charge is 0.334 e. The molecule has 0 saturated carbocycles. The van der Waals surface area contributed by atoms with Crippen LogP contribution in [-0.2, 0) is 0 Å². The number of halogens is 1. The van der Waals surface area contributed by atoms with Crippen molar-refractivity contribution in [1.82, 2.24) is 19.5 Å². The highest BCUT2D eigenvalue weighted by molar-refractivity contribution is 5.73. The van der Waals surface area contributed by atoms with Gasteiger partial charge in [-0.25, -0.2) is 18.7 Å². The quantitative estimate of drug-likeness (QED) is 0.543. The molecule has 0 saturated heterocycles. The Morgan fingerprint density at radius 3 is 2.57 bits per heavy atom. The van der Waals surface area contributed by atoms with E-state index < -0.39 is 11.2 Å². The highest BCUT2D eigenvalue weighted by Crippen LogP contribution is 2.18.